The smallest absolute Gasteiger partial charge is 0.228 e. The van der Waals surface area contributed by atoms with Crippen LogP contribution >= 0.6 is 11.3 Å². The second kappa shape index (κ2) is 7.78. The molecule has 0 aliphatic rings. The van der Waals surface area contributed by atoms with Crippen LogP contribution in [0.15, 0.2) is 60.8 Å². The minimum Gasteiger partial charge on any atom is -0.497 e. The summed E-state index contributed by atoms with van der Waals surface area (Å²) < 4.78 is 5.22. The second-order valence-electron chi connectivity index (χ2n) is 6.45. The SMILES string of the molecule is COc1cccc(CC(=O)Nc2cc(-c3nc4cccnc4s3)ccc2C)c1. The molecule has 140 valence electrons. The molecule has 2 aromatic heterocycles. The molecule has 0 aliphatic heterocycles. The van der Waals surface area contributed by atoms with Crippen LogP contribution in [0.1, 0.15) is 11.1 Å². The Morgan fingerprint density at radius 3 is 2.86 bits per heavy atom. The number of fused-ring (bicyclic) bond motifs is 1. The average molecular weight is 389 g/mol. The van der Waals surface area contributed by atoms with Gasteiger partial charge in [-0.1, -0.05) is 35.6 Å². The summed E-state index contributed by atoms with van der Waals surface area (Å²) in [5, 5.41) is 3.91. The number of amides is 1. The summed E-state index contributed by atoms with van der Waals surface area (Å²) in [5.41, 5.74) is 4.54. The Labute approximate surface area is 167 Å². The van der Waals surface area contributed by atoms with Crippen LogP contribution in [0.5, 0.6) is 5.75 Å². The monoisotopic (exact) mass is 389 g/mol. The van der Waals surface area contributed by atoms with Gasteiger partial charge in [0.25, 0.3) is 0 Å². The van der Waals surface area contributed by atoms with Crippen molar-refractivity contribution in [1.29, 1.82) is 0 Å². The van der Waals surface area contributed by atoms with Crippen LogP contribution in [-0.4, -0.2) is 23.0 Å². The van der Waals surface area contributed by atoms with Gasteiger partial charge in [0.2, 0.25) is 5.91 Å². The highest BCUT2D eigenvalue weighted by Crippen LogP contribution is 2.31. The first kappa shape index (κ1) is 18.1. The first-order chi connectivity index (χ1) is 13.6. The number of nitrogens with one attached hydrogen (secondary N) is 1. The van der Waals surface area contributed by atoms with E-state index in [1.165, 1.54) is 0 Å². The van der Waals surface area contributed by atoms with Crippen LogP contribution in [0.3, 0.4) is 0 Å². The fraction of sp³-hybridized carbons (Fsp3) is 0.136. The van der Waals surface area contributed by atoms with E-state index in [1.807, 2.05) is 61.5 Å². The largest absolute Gasteiger partial charge is 0.497 e. The quantitative estimate of drug-likeness (QED) is 0.530. The Bertz CT molecular complexity index is 1120. The molecule has 0 bridgehead atoms. The Balaban J connectivity index is 1.55. The summed E-state index contributed by atoms with van der Waals surface area (Å²) in [4.78, 5) is 22.5. The van der Waals surface area contributed by atoms with E-state index < -0.39 is 0 Å². The third-order valence-electron chi connectivity index (χ3n) is 4.42. The van der Waals surface area contributed by atoms with Gasteiger partial charge in [-0.3, -0.25) is 4.79 Å². The number of rotatable bonds is 5. The van der Waals surface area contributed by atoms with E-state index >= 15 is 0 Å². The Morgan fingerprint density at radius 2 is 2.04 bits per heavy atom. The lowest BCUT2D eigenvalue weighted by Gasteiger charge is -2.10. The van der Waals surface area contributed by atoms with Crippen molar-refractivity contribution in [3.63, 3.8) is 0 Å². The minimum absolute atomic E-state index is 0.0699. The van der Waals surface area contributed by atoms with E-state index in [4.69, 9.17) is 4.74 Å². The van der Waals surface area contributed by atoms with E-state index in [9.17, 15) is 4.79 Å². The molecular weight excluding hydrogens is 370 g/mol. The first-order valence-electron chi connectivity index (χ1n) is 8.88. The Morgan fingerprint density at radius 1 is 1.14 bits per heavy atom. The van der Waals surface area contributed by atoms with E-state index in [-0.39, 0.29) is 12.3 Å². The maximum atomic E-state index is 12.5. The molecule has 0 radical (unpaired) electrons. The van der Waals surface area contributed by atoms with Crippen molar-refractivity contribution in [2.75, 3.05) is 12.4 Å². The summed E-state index contributed by atoms with van der Waals surface area (Å²) in [6, 6.07) is 17.3. The van der Waals surface area contributed by atoms with Gasteiger partial charge in [-0.25, -0.2) is 9.97 Å². The molecule has 0 saturated heterocycles. The normalized spacial score (nSPS) is 10.8. The van der Waals surface area contributed by atoms with Crippen molar-refractivity contribution in [3.05, 3.63) is 71.9 Å². The number of aryl methyl sites for hydroxylation is 1. The van der Waals surface area contributed by atoms with Crippen LogP contribution in [-0.2, 0) is 11.2 Å². The first-order valence-corrected chi connectivity index (χ1v) is 9.69. The van der Waals surface area contributed by atoms with Crippen molar-refractivity contribution in [2.45, 2.75) is 13.3 Å². The van der Waals surface area contributed by atoms with Gasteiger partial charge in [0.1, 0.15) is 21.1 Å². The highest BCUT2D eigenvalue weighted by atomic mass is 32.1. The number of aromatic nitrogens is 2. The van der Waals surface area contributed by atoms with Gasteiger partial charge in [-0.15, -0.1) is 0 Å². The van der Waals surface area contributed by atoms with E-state index in [1.54, 1.807) is 24.6 Å². The molecule has 4 aromatic rings. The highest BCUT2D eigenvalue weighted by Gasteiger charge is 2.11. The second-order valence-corrected chi connectivity index (χ2v) is 7.43. The van der Waals surface area contributed by atoms with Crippen molar-refractivity contribution in [1.82, 2.24) is 9.97 Å². The topological polar surface area (TPSA) is 64.1 Å². The van der Waals surface area contributed by atoms with Gasteiger partial charge in [0, 0.05) is 17.4 Å². The number of anilines is 1. The minimum atomic E-state index is -0.0699. The number of pyridine rings is 1. The van der Waals surface area contributed by atoms with Gasteiger partial charge < -0.3 is 10.1 Å². The van der Waals surface area contributed by atoms with E-state index in [2.05, 4.69) is 15.3 Å². The van der Waals surface area contributed by atoms with Crippen molar-refractivity contribution < 1.29 is 9.53 Å². The van der Waals surface area contributed by atoms with Crippen molar-refractivity contribution >= 4 is 33.3 Å². The lowest BCUT2D eigenvalue weighted by Crippen LogP contribution is -2.15. The molecular formula is C22H19N3O2S. The zero-order valence-corrected chi connectivity index (χ0v) is 16.4. The molecule has 2 heterocycles. The molecule has 0 saturated carbocycles. The molecule has 2 aromatic carbocycles. The van der Waals surface area contributed by atoms with E-state index in [0.29, 0.717) is 0 Å². The lowest BCUT2D eigenvalue weighted by atomic mass is 10.1. The standard InChI is InChI=1S/C22H19N3O2S/c1-14-8-9-16(21-25-18-7-4-10-23-22(18)28-21)13-19(14)24-20(26)12-15-5-3-6-17(11-15)27-2/h3-11,13H,12H2,1-2H3,(H,24,26). The Kier molecular flexibility index (Phi) is 5.04. The van der Waals surface area contributed by atoms with Gasteiger partial charge >= 0.3 is 0 Å². The number of methoxy groups -OCH3 is 1. The summed E-state index contributed by atoms with van der Waals surface area (Å²) >= 11 is 1.54. The molecule has 0 atom stereocenters. The maximum absolute atomic E-state index is 12.5. The molecule has 1 N–H and O–H groups in total. The van der Waals surface area contributed by atoms with Gasteiger partial charge in [0.05, 0.1) is 13.5 Å². The molecule has 0 aliphatic carbocycles. The number of hydrogen-bond acceptors (Lipinski definition) is 5. The number of carbonyl (C=O) groups excluding carboxylic acids is 1. The predicted molar refractivity (Wildman–Crippen MR) is 113 cm³/mol. The molecule has 4 rings (SSSR count). The maximum Gasteiger partial charge on any atom is 0.228 e. The number of carbonyl (C=O) groups is 1. The van der Waals surface area contributed by atoms with Crippen LogP contribution in [0.25, 0.3) is 20.9 Å². The highest BCUT2D eigenvalue weighted by molar-refractivity contribution is 7.21. The number of hydrogen-bond donors (Lipinski definition) is 1. The molecule has 1 amide bonds. The predicted octanol–water partition coefficient (Wildman–Crippen LogP) is 4.86. The fourth-order valence-corrected chi connectivity index (χ4v) is 3.85. The lowest BCUT2D eigenvalue weighted by molar-refractivity contribution is -0.115. The molecule has 0 fully saturated rings. The van der Waals surface area contributed by atoms with E-state index in [0.717, 1.165) is 43.5 Å². The molecule has 6 heteroatoms. The number of nitrogens with zero attached hydrogens (tertiary/aromatic N) is 2. The van der Waals surface area contributed by atoms with Crippen LogP contribution in [0, 0.1) is 6.92 Å². The van der Waals surface area contributed by atoms with Crippen LogP contribution in [0.2, 0.25) is 0 Å². The summed E-state index contributed by atoms with van der Waals surface area (Å²) in [7, 11) is 1.62. The summed E-state index contributed by atoms with van der Waals surface area (Å²) in [5.74, 6) is 0.674. The van der Waals surface area contributed by atoms with Gasteiger partial charge in [-0.05, 0) is 48.4 Å². The average Bonchev–Trinajstić information content (AvgIpc) is 3.14. The van der Waals surface area contributed by atoms with Gasteiger partial charge in [-0.2, -0.15) is 0 Å². The third kappa shape index (κ3) is 3.87. The van der Waals surface area contributed by atoms with Crippen LogP contribution < -0.4 is 10.1 Å². The third-order valence-corrected chi connectivity index (χ3v) is 5.45. The zero-order valence-electron chi connectivity index (χ0n) is 15.6. The molecule has 5 nitrogen and oxygen atoms in total. The zero-order chi connectivity index (χ0) is 19.5. The summed E-state index contributed by atoms with van der Waals surface area (Å²) in [6.45, 7) is 1.98. The van der Waals surface area contributed by atoms with Crippen molar-refractivity contribution in [2.24, 2.45) is 0 Å². The fourth-order valence-electron chi connectivity index (χ4n) is 2.95. The number of thiazole rings is 1. The summed E-state index contributed by atoms with van der Waals surface area (Å²) in [6.07, 6.45) is 2.05. The Hall–Kier alpha value is -3.25. The van der Waals surface area contributed by atoms with Crippen LogP contribution in [0.4, 0.5) is 5.69 Å². The number of benzene rings is 2. The van der Waals surface area contributed by atoms with Crippen molar-refractivity contribution in [3.8, 4) is 16.3 Å². The number of ether oxygens (including phenoxy) is 1. The molecule has 0 spiro atoms. The van der Waals surface area contributed by atoms with Gasteiger partial charge in [0.15, 0.2) is 0 Å². The molecule has 28 heavy (non-hydrogen) atoms. The molecule has 0 unspecified atom stereocenters.